The predicted molar refractivity (Wildman–Crippen MR) is 123 cm³/mol. The van der Waals surface area contributed by atoms with Gasteiger partial charge < -0.3 is 35.0 Å². The number of unbranched alkanes of at least 4 members (excludes halogenated alkanes) is 1. The molecule has 7 nitrogen and oxygen atoms in total. The van der Waals surface area contributed by atoms with Crippen LogP contribution < -0.4 is 0 Å². The lowest BCUT2D eigenvalue weighted by atomic mass is 9.68. The van der Waals surface area contributed by atoms with Gasteiger partial charge in [-0.2, -0.15) is 0 Å². The third kappa shape index (κ3) is 9.62. The van der Waals surface area contributed by atoms with Crippen LogP contribution in [0.2, 0.25) is 0 Å². The van der Waals surface area contributed by atoms with E-state index in [4.69, 9.17) is 19.7 Å². The Kier molecular flexibility index (Phi) is 15.4. The van der Waals surface area contributed by atoms with E-state index in [-0.39, 0.29) is 61.0 Å². The van der Waals surface area contributed by atoms with E-state index in [1.165, 1.54) is 0 Å². The molecule has 7 atom stereocenters. The van der Waals surface area contributed by atoms with Crippen LogP contribution in [0, 0.1) is 23.2 Å². The Hall–Kier alpha value is -0.280. The van der Waals surface area contributed by atoms with Gasteiger partial charge in [-0.1, -0.05) is 47.5 Å². The molecule has 0 radical (unpaired) electrons. The van der Waals surface area contributed by atoms with Gasteiger partial charge in [0.15, 0.2) is 0 Å². The summed E-state index contributed by atoms with van der Waals surface area (Å²) < 4.78 is 11.1. The van der Waals surface area contributed by atoms with Gasteiger partial charge >= 0.3 is 0 Å². The molecule has 188 valence electrons. The maximum absolute atomic E-state index is 10.3. The van der Waals surface area contributed by atoms with Gasteiger partial charge in [0.2, 0.25) is 0 Å². The molecule has 0 spiro atoms. The zero-order valence-electron chi connectivity index (χ0n) is 20.8. The first kappa shape index (κ1) is 30.7. The van der Waals surface area contributed by atoms with E-state index in [0.29, 0.717) is 25.4 Å². The fourth-order valence-corrected chi connectivity index (χ4v) is 5.09. The van der Waals surface area contributed by atoms with E-state index in [9.17, 15) is 15.3 Å². The van der Waals surface area contributed by atoms with Gasteiger partial charge in [-0.15, -0.1) is 0 Å². The number of ether oxygens (including phenoxy) is 2. The quantitative estimate of drug-likeness (QED) is 0.404. The molecule has 0 aliphatic carbocycles. The first-order valence-electron chi connectivity index (χ1n) is 11.9. The van der Waals surface area contributed by atoms with Crippen LogP contribution in [0.25, 0.3) is 0 Å². The minimum atomic E-state index is -0.359. The zero-order chi connectivity index (χ0) is 24.2. The molecule has 0 aromatic rings. The molecular weight excluding hydrogens is 400 g/mol. The Labute approximate surface area is 189 Å². The van der Waals surface area contributed by atoms with Crippen molar-refractivity contribution in [1.29, 1.82) is 0 Å². The van der Waals surface area contributed by atoms with Crippen LogP contribution in [-0.2, 0) is 9.47 Å². The van der Waals surface area contributed by atoms with Crippen LogP contribution >= 0.6 is 0 Å². The van der Waals surface area contributed by atoms with Crippen LogP contribution in [0.3, 0.4) is 0 Å². The second-order valence-corrected chi connectivity index (χ2v) is 9.86. The second kappa shape index (κ2) is 15.5. The Bertz CT molecular complexity index is 444. The summed E-state index contributed by atoms with van der Waals surface area (Å²) >= 11 is 0. The van der Waals surface area contributed by atoms with Crippen molar-refractivity contribution in [2.45, 2.75) is 104 Å². The maximum atomic E-state index is 10.3. The van der Waals surface area contributed by atoms with Gasteiger partial charge in [0, 0.05) is 25.6 Å². The zero-order valence-corrected chi connectivity index (χ0v) is 20.8. The lowest BCUT2D eigenvalue weighted by molar-refractivity contribution is -0.174. The molecule has 31 heavy (non-hydrogen) atoms. The number of hydrogen-bond donors (Lipinski definition) is 5. The normalized spacial score (nSPS) is 33.8. The third-order valence-electron chi connectivity index (χ3n) is 6.62. The molecule has 2 aliphatic heterocycles. The average molecular weight is 451 g/mol. The topological polar surface area (TPSA) is 120 Å². The lowest BCUT2D eigenvalue weighted by Gasteiger charge is -2.46. The summed E-state index contributed by atoms with van der Waals surface area (Å²) in [5.41, 5.74) is 0.0168. The molecule has 2 rings (SSSR count). The SMILES string of the molecule is CC(C)C1C(O)CCOC1CO.CCCCC(C)(C)C1C(CO)OC(C)C[C@H]1O.CO. The van der Waals surface area contributed by atoms with Gasteiger partial charge in [0.25, 0.3) is 0 Å². The van der Waals surface area contributed by atoms with Crippen LogP contribution in [0.15, 0.2) is 0 Å². The predicted octanol–water partition coefficient (Wildman–Crippen LogP) is 2.36. The van der Waals surface area contributed by atoms with Crippen molar-refractivity contribution in [3.05, 3.63) is 0 Å². The second-order valence-electron chi connectivity index (χ2n) is 9.86. The molecule has 2 saturated heterocycles. The third-order valence-corrected chi connectivity index (χ3v) is 6.62. The van der Waals surface area contributed by atoms with E-state index in [2.05, 4.69) is 20.8 Å². The smallest absolute Gasteiger partial charge is 0.0867 e. The molecule has 0 aromatic carbocycles. The molecule has 2 aliphatic rings. The van der Waals surface area contributed by atoms with Crippen LogP contribution in [0.1, 0.15) is 73.6 Å². The lowest BCUT2D eigenvalue weighted by Crippen LogP contribution is -2.51. The minimum Gasteiger partial charge on any atom is -0.400 e. The molecule has 2 heterocycles. The molecule has 0 bridgehead atoms. The summed E-state index contributed by atoms with van der Waals surface area (Å²) in [6.45, 7) is 13.2. The largest absolute Gasteiger partial charge is 0.400 e. The monoisotopic (exact) mass is 450 g/mol. The summed E-state index contributed by atoms with van der Waals surface area (Å²) in [6, 6.07) is 0. The van der Waals surface area contributed by atoms with Crippen molar-refractivity contribution in [3.63, 3.8) is 0 Å². The molecule has 5 N–H and O–H groups in total. The molecule has 6 unspecified atom stereocenters. The summed E-state index contributed by atoms with van der Waals surface area (Å²) in [6.07, 6.45) is 3.74. The van der Waals surface area contributed by atoms with Crippen molar-refractivity contribution in [2.24, 2.45) is 23.2 Å². The van der Waals surface area contributed by atoms with Gasteiger partial charge in [0.05, 0.1) is 43.7 Å². The van der Waals surface area contributed by atoms with Crippen LogP contribution in [0.5, 0.6) is 0 Å². The van der Waals surface area contributed by atoms with E-state index in [1.54, 1.807) is 0 Å². The van der Waals surface area contributed by atoms with Crippen molar-refractivity contribution in [1.82, 2.24) is 0 Å². The Morgan fingerprint density at radius 1 is 1.00 bits per heavy atom. The average Bonchev–Trinajstić information content (AvgIpc) is 2.72. The van der Waals surface area contributed by atoms with Gasteiger partial charge in [-0.3, -0.25) is 0 Å². The highest BCUT2D eigenvalue weighted by Gasteiger charge is 2.44. The minimum absolute atomic E-state index is 0.00161. The Balaban J connectivity index is 0.000000564. The first-order valence-corrected chi connectivity index (χ1v) is 11.9. The standard InChI is InChI=1S/C14H28O3.C9H18O3.CH4O/c1-5-6-7-14(3,4)13-11(16)8-10(2)17-12(13)9-15;1-6(2)9-7(11)3-4-12-8(9)5-10;1-2/h10-13,15-16H,5-9H2,1-4H3;6-11H,3-5H2,1-2H3;2H,1H3/t10?,11-,12?,13?;;/m1../s1. The molecule has 7 heteroatoms. The number of aliphatic hydroxyl groups is 5. The first-order chi connectivity index (χ1) is 14.6. The van der Waals surface area contributed by atoms with Crippen molar-refractivity contribution in [2.75, 3.05) is 26.9 Å². The van der Waals surface area contributed by atoms with Gasteiger partial charge in [-0.25, -0.2) is 0 Å². The van der Waals surface area contributed by atoms with Gasteiger partial charge in [0.1, 0.15) is 0 Å². The van der Waals surface area contributed by atoms with Crippen molar-refractivity contribution < 1.29 is 35.0 Å². The fourth-order valence-electron chi connectivity index (χ4n) is 5.09. The molecule has 0 amide bonds. The Morgan fingerprint density at radius 2 is 1.58 bits per heavy atom. The summed E-state index contributed by atoms with van der Waals surface area (Å²) in [4.78, 5) is 0. The summed E-state index contributed by atoms with van der Waals surface area (Å²) in [7, 11) is 1.00. The van der Waals surface area contributed by atoms with E-state index in [0.717, 1.165) is 26.4 Å². The van der Waals surface area contributed by atoms with Crippen molar-refractivity contribution >= 4 is 0 Å². The number of rotatable bonds is 7. The maximum Gasteiger partial charge on any atom is 0.0867 e. The Morgan fingerprint density at radius 3 is 2.03 bits per heavy atom. The molecule has 2 fully saturated rings. The highest BCUT2D eigenvalue weighted by molar-refractivity contribution is 4.93. The van der Waals surface area contributed by atoms with Crippen LogP contribution in [0.4, 0.5) is 0 Å². The number of hydrogen-bond acceptors (Lipinski definition) is 7. The summed E-state index contributed by atoms with van der Waals surface area (Å²) in [5, 5.41) is 45.4. The molecule has 0 aromatic heterocycles. The van der Waals surface area contributed by atoms with E-state index >= 15 is 0 Å². The highest BCUT2D eigenvalue weighted by Crippen LogP contribution is 2.42. The fraction of sp³-hybridized carbons (Fsp3) is 1.00. The number of aliphatic hydroxyl groups excluding tert-OH is 5. The molecule has 0 saturated carbocycles. The highest BCUT2D eigenvalue weighted by atomic mass is 16.5. The summed E-state index contributed by atoms with van der Waals surface area (Å²) in [5.74, 6) is 0.483. The molecular formula is C24H50O7. The van der Waals surface area contributed by atoms with E-state index < -0.39 is 0 Å². The van der Waals surface area contributed by atoms with Crippen LogP contribution in [-0.4, -0.2) is 83.0 Å². The van der Waals surface area contributed by atoms with Crippen molar-refractivity contribution in [3.8, 4) is 0 Å². The van der Waals surface area contributed by atoms with E-state index in [1.807, 2.05) is 20.8 Å². The van der Waals surface area contributed by atoms with Gasteiger partial charge in [-0.05, 0) is 37.5 Å².